The van der Waals surface area contributed by atoms with E-state index in [1.165, 1.54) is 24.6 Å². The largest absolute Gasteiger partial charge is 0.497 e. The maximum absolute atomic E-state index is 12.7. The molecule has 2 heterocycles. The van der Waals surface area contributed by atoms with Crippen molar-refractivity contribution in [3.05, 3.63) is 64.9 Å². The van der Waals surface area contributed by atoms with Gasteiger partial charge >= 0.3 is 0 Å². The van der Waals surface area contributed by atoms with Gasteiger partial charge < -0.3 is 10.1 Å². The molecular formula is C24H28ClN5O2S. The van der Waals surface area contributed by atoms with Gasteiger partial charge in [-0.25, -0.2) is 0 Å². The van der Waals surface area contributed by atoms with Crippen LogP contribution in [0.25, 0.3) is 5.69 Å². The number of amides is 1. The van der Waals surface area contributed by atoms with E-state index in [0.717, 1.165) is 35.9 Å². The van der Waals surface area contributed by atoms with Crippen LogP contribution < -0.4 is 10.1 Å². The van der Waals surface area contributed by atoms with Crippen LogP contribution in [0.2, 0.25) is 5.02 Å². The van der Waals surface area contributed by atoms with Crippen molar-refractivity contribution in [2.24, 2.45) is 0 Å². The van der Waals surface area contributed by atoms with Gasteiger partial charge in [-0.3, -0.25) is 14.3 Å². The van der Waals surface area contributed by atoms with Crippen molar-refractivity contribution in [3.63, 3.8) is 0 Å². The second kappa shape index (κ2) is 11.0. The van der Waals surface area contributed by atoms with Gasteiger partial charge in [0, 0.05) is 17.3 Å². The van der Waals surface area contributed by atoms with Gasteiger partial charge in [-0.2, -0.15) is 0 Å². The number of likely N-dealkylation sites (tertiary alicyclic amines) is 1. The molecule has 0 spiro atoms. The monoisotopic (exact) mass is 485 g/mol. The number of nitrogens with one attached hydrogen (secondary N) is 1. The van der Waals surface area contributed by atoms with Gasteiger partial charge in [0.2, 0.25) is 5.91 Å². The predicted octanol–water partition coefficient (Wildman–Crippen LogP) is 4.28. The normalized spacial score (nSPS) is 14.9. The quantitative estimate of drug-likeness (QED) is 0.456. The van der Waals surface area contributed by atoms with Crippen LogP contribution in [0.15, 0.2) is 53.7 Å². The molecule has 9 heteroatoms. The molecule has 0 bridgehead atoms. The fourth-order valence-corrected chi connectivity index (χ4v) is 5.11. The van der Waals surface area contributed by atoms with Crippen LogP contribution in [0.1, 0.15) is 30.3 Å². The van der Waals surface area contributed by atoms with Crippen molar-refractivity contribution in [2.75, 3.05) is 32.5 Å². The first-order valence-corrected chi connectivity index (χ1v) is 12.4. The molecule has 4 rings (SSSR count). The summed E-state index contributed by atoms with van der Waals surface area (Å²) in [6, 6.07) is 15.7. The average Bonchev–Trinajstić information content (AvgIpc) is 3.48. The molecule has 1 saturated heterocycles. The number of carbonyl (C=O) groups excluding carboxylic acids is 1. The summed E-state index contributed by atoms with van der Waals surface area (Å²) in [7, 11) is 1.64. The third kappa shape index (κ3) is 5.88. The molecule has 1 N–H and O–H groups in total. The highest BCUT2D eigenvalue weighted by Crippen LogP contribution is 2.27. The van der Waals surface area contributed by atoms with E-state index in [0.29, 0.717) is 16.7 Å². The lowest BCUT2D eigenvalue weighted by Gasteiger charge is -2.28. The number of aryl methyl sites for hydroxylation is 1. The fraction of sp³-hybridized carbons (Fsp3) is 0.375. The molecule has 1 amide bonds. The Hall–Kier alpha value is -2.55. The van der Waals surface area contributed by atoms with E-state index in [4.69, 9.17) is 16.3 Å². The average molecular weight is 486 g/mol. The molecule has 1 atom stereocenters. The molecule has 7 nitrogen and oxygen atoms in total. The van der Waals surface area contributed by atoms with Crippen LogP contribution in [0.5, 0.6) is 5.75 Å². The Balaban J connectivity index is 1.39. The Kier molecular flexibility index (Phi) is 7.90. The lowest BCUT2D eigenvalue weighted by molar-refractivity contribution is -0.118. The van der Waals surface area contributed by atoms with Crippen LogP contribution in [0.4, 0.5) is 0 Å². The number of carbonyl (C=O) groups is 1. The van der Waals surface area contributed by atoms with Crippen molar-refractivity contribution < 1.29 is 9.53 Å². The third-order valence-corrected chi connectivity index (χ3v) is 6.93. The highest BCUT2D eigenvalue weighted by atomic mass is 35.5. The van der Waals surface area contributed by atoms with Crippen LogP contribution in [-0.2, 0) is 4.79 Å². The van der Waals surface area contributed by atoms with E-state index in [2.05, 4.69) is 26.5 Å². The van der Waals surface area contributed by atoms with Gasteiger partial charge in [0.05, 0.1) is 18.9 Å². The van der Waals surface area contributed by atoms with Crippen molar-refractivity contribution in [1.29, 1.82) is 0 Å². The molecule has 0 saturated carbocycles. The zero-order valence-electron chi connectivity index (χ0n) is 18.8. The number of methoxy groups -OCH3 is 1. The Labute approximate surface area is 203 Å². The number of hydrogen-bond acceptors (Lipinski definition) is 6. The van der Waals surface area contributed by atoms with Crippen molar-refractivity contribution in [1.82, 2.24) is 25.0 Å². The zero-order chi connectivity index (χ0) is 23.2. The molecular weight excluding hydrogens is 458 g/mol. The van der Waals surface area contributed by atoms with Gasteiger partial charge in [0.1, 0.15) is 11.6 Å². The molecule has 1 aliphatic heterocycles. The number of thioether (sulfide) groups is 1. The van der Waals surface area contributed by atoms with Gasteiger partial charge in [0.15, 0.2) is 5.16 Å². The topological polar surface area (TPSA) is 72.3 Å². The van der Waals surface area contributed by atoms with Crippen molar-refractivity contribution in [2.45, 2.75) is 31.0 Å². The predicted molar refractivity (Wildman–Crippen MR) is 131 cm³/mol. The number of rotatable bonds is 9. The van der Waals surface area contributed by atoms with Crippen LogP contribution >= 0.6 is 23.4 Å². The Morgan fingerprint density at radius 1 is 1.18 bits per heavy atom. The molecule has 1 aliphatic rings. The first-order valence-electron chi connectivity index (χ1n) is 11.0. The number of nitrogens with zero attached hydrogens (tertiary/aromatic N) is 4. The molecule has 174 valence electrons. The van der Waals surface area contributed by atoms with Gasteiger partial charge in [-0.1, -0.05) is 35.5 Å². The second-order valence-electron chi connectivity index (χ2n) is 7.97. The lowest BCUT2D eigenvalue weighted by Crippen LogP contribution is -2.37. The summed E-state index contributed by atoms with van der Waals surface area (Å²) < 4.78 is 7.18. The molecule has 0 aliphatic carbocycles. The van der Waals surface area contributed by atoms with Crippen LogP contribution in [0, 0.1) is 6.92 Å². The van der Waals surface area contributed by atoms with Crippen LogP contribution in [-0.4, -0.2) is 58.1 Å². The molecule has 1 fully saturated rings. The maximum Gasteiger partial charge on any atom is 0.230 e. The summed E-state index contributed by atoms with van der Waals surface area (Å²) in [4.78, 5) is 15.1. The molecule has 3 aromatic rings. The first kappa shape index (κ1) is 23.6. The van der Waals surface area contributed by atoms with E-state index < -0.39 is 0 Å². The Bertz CT molecular complexity index is 1080. The highest BCUT2D eigenvalue weighted by Gasteiger charge is 2.24. The number of ether oxygens (including phenoxy) is 1. The van der Waals surface area contributed by atoms with E-state index in [-0.39, 0.29) is 17.7 Å². The summed E-state index contributed by atoms with van der Waals surface area (Å²) in [6.45, 7) is 4.51. The van der Waals surface area contributed by atoms with Crippen molar-refractivity contribution >= 4 is 29.3 Å². The summed E-state index contributed by atoms with van der Waals surface area (Å²) >= 11 is 7.60. The SMILES string of the molecule is COc1ccc(-n2c(C)nnc2SCC(=O)NCC(c2cccc(Cl)c2)N2CCCC2)cc1. The number of benzene rings is 2. The summed E-state index contributed by atoms with van der Waals surface area (Å²) in [5, 5.41) is 13.0. The van der Waals surface area contributed by atoms with Crippen LogP contribution in [0.3, 0.4) is 0 Å². The zero-order valence-corrected chi connectivity index (χ0v) is 20.4. The molecule has 1 aromatic heterocycles. The van der Waals surface area contributed by atoms with Gasteiger partial charge in [-0.15, -0.1) is 10.2 Å². The van der Waals surface area contributed by atoms with Gasteiger partial charge in [-0.05, 0) is 74.8 Å². The smallest absolute Gasteiger partial charge is 0.230 e. The molecule has 33 heavy (non-hydrogen) atoms. The third-order valence-electron chi connectivity index (χ3n) is 5.77. The lowest BCUT2D eigenvalue weighted by atomic mass is 10.1. The fourth-order valence-electron chi connectivity index (χ4n) is 4.08. The summed E-state index contributed by atoms with van der Waals surface area (Å²) in [5.74, 6) is 1.77. The Morgan fingerprint density at radius 3 is 2.64 bits per heavy atom. The van der Waals surface area contributed by atoms with Crippen molar-refractivity contribution in [3.8, 4) is 11.4 Å². The maximum atomic E-state index is 12.7. The van der Waals surface area contributed by atoms with E-state index in [9.17, 15) is 4.79 Å². The van der Waals surface area contributed by atoms with E-state index in [1.807, 2.05) is 54.0 Å². The number of aromatic nitrogens is 3. The molecule has 1 unspecified atom stereocenters. The standard InChI is InChI=1S/C24H28ClN5O2S/c1-17-27-28-24(30(17)20-8-10-21(32-2)11-9-20)33-16-23(31)26-15-22(29-12-3-4-13-29)18-6-5-7-19(25)14-18/h5-11,14,22H,3-4,12-13,15-16H2,1-2H3,(H,26,31). The summed E-state index contributed by atoms with van der Waals surface area (Å²) in [5.41, 5.74) is 2.06. The van der Waals surface area contributed by atoms with E-state index in [1.54, 1.807) is 7.11 Å². The minimum Gasteiger partial charge on any atom is -0.497 e. The van der Waals surface area contributed by atoms with E-state index >= 15 is 0 Å². The number of halogens is 1. The summed E-state index contributed by atoms with van der Waals surface area (Å²) in [6.07, 6.45) is 2.36. The minimum absolute atomic E-state index is 0.0341. The highest BCUT2D eigenvalue weighted by molar-refractivity contribution is 7.99. The minimum atomic E-state index is -0.0341. The second-order valence-corrected chi connectivity index (χ2v) is 9.35. The van der Waals surface area contributed by atoms with Gasteiger partial charge in [0.25, 0.3) is 0 Å². The Morgan fingerprint density at radius 2 is 1.94 bits per heavy atom. The number of hydrogen-bond donors (Lipinski definition) is 1. The molecule has 2 aromatic carbocycles. The molecule has 0 radical (unpaired) electrons. The first-order chi connectivity index (χ1) is 16.0.